The average Bonchev–Trinajstić information content (AvgIpc) is 3.13. The lowest BCUT2D eigenvalue weighted by Gasteiger charge is -2.24. The van der Waals surface area contributed by atoms with E-state index in [-0.39, 0.29) is 17.7 Å². The number of nitrogens with zero attached hydrogens (tertiary/aromatic N) is 2. The number of fused-ring (bicyclic) bond motifs is 1. The summed E-state index contributed by atoms with van der Waals surface area (Å²) >= 11 is 4.70. The Hall–Kier alpha value is -3.24. The monoisotopic (exact) mass is 574 g/mol. The zero-order valence-corrected chi connectivity index (χ0v) is 22.5. The maximum absolute atomic E-state index is 13.7. The lowest BCUT2D eigenvalue weighted by Crippen LogP contribution is -2.39. The van der Waals surface area contributed by atoms with E-state index < -0.39 is 17.8 Å². The summed E-state index contributed by atoms with van der Waals surface area (Å²) in [4.78, 5) is 31.6. The molecule has 7 nitrogen and oxygen atoms in total. The first-order valence-corrected chi connectivity index (χ1v) is 12.8. The van der Waals surface area contributed by atoms with Gasteiger partial charge in [0.2, 0.25) is 0 Å². The van der Waals surface area contributed by atoms with Crippen LogP contribution < -0.4 is 24.4 Å². The molecule has 0 N–H and O–H groups in total. The van der Waals surface area contributed by atoms with E-state index in [4.69, 9.17) is 14.2 Å². The SMILES string of the molecule is CCOC(=O)C1=C(C)N=c2s/c(=C\c3cc(Br)c(OC)c(OCC)c3)c(=O)n2[C@H]1c1ccc(F)cc1. The summed E-state index contributed by atoms with van der Waals surface area (Å²) in [7, 11) is 1.55. The maximum Gasteiger partial charge on any atom is 0.338 e. The van der Waals surface area contributed by atoms with Gasteiger partial charge in [0.05, 0.1) is 46.6 Å². The fourth-order valence-electron chi connectivity index (χ4n) is 4.04. The molecule has 0 amide bonds. The van der Waals surface area contributed by atoms with Gasteiger partial charge in [-0.25, -0.2) is 14.2 Å². The van der Waals surface area contributed by atoms with Crippen LogP contribution in [0, 0.1) is 5.82 Å². The molecule has 0 spiro atoms. The van der Waals surface area contributed by atoms with Crippen molar-refractivity contribution in [3.8, 4) is 11.5 Å². The van der Waals surface area contributed by atoms with Gasteiger partial charge in [0.25, 0.3) is 5.56 Å². The fraction of sp³-hybridized carbons (Fsp3) is 0.269. The molecule has 10 heteroatoms. The molecule has 1 aliphatic rings. The van der Waals surface area contributed by atoms with Gasteiger partial charge in [-0.1, -0.05) is 23.5 Å². The highest BCUT2D eigenvalue weighted by Crippen LogP contribution is 2.37. The van der Waals surface area contributed by atoms with Crippen LogP contribution in [0.5, 0.6) is 11.5 Å². The first kappa shape index (κ1) is 25.8. The predicted octanol–water partition coefficient (Wildman–Crippen LogP) is 4.11. The second kappa shape index (κ2) is 10.8. The Morgan fingerprint density at radius 1 is 1.22 bits per heavy atom. The van der Waals surface area contributed by atoms with E-state index in [2.05, 4.69) is 20.9 Å². The smallest absolute Gasteiger partial charge is 0.338 e. The molecule has 0 bridgehead atoms. The first-order chi connectivity index (χ1) is 17.3. The largest absolute Gasteiger partial charge is 0.492 e. The van der Waals surface area contributed by atoms with E-state index in [1.54, 1.807) is 45.2 Å². The molecule has 1 atom stereocenters. The van der Waals surface area contributed by atoms with Gasteiger partial charge in [0, 0.05) is 0 Å². The van der Waals surface area contributed by atoms with Crippen molar-refractivity contribution < 1.29 is 23.4 Å². The minimum Gasteiger partial charge on any atom is -0.492 e. The Balaban J connectivity index is 1.93. The third kappa shape index (κ3) is 4.87. The number of halogens is 2. The summed E-state index contributed by atoms with van der Waals surface area (Å²) in [5, 5.41) is 0. The van der Waals surface area contributed by atoms with Crippen LogP contribution in [0.15, 0.2) is 61.9 Å². The number of carbonyl (C=O) groups excluding carboxylic acids is 1. The predicted molar refractivity (Wildman–Crippen MR) is 139 cm³/mol. The molecule has 1 aromatic heterocycles. The van der Waals surface area contributed by atoms with Crippen LogP contribution in [0.1, 0.15) is 37.9 Å². The number of ether oxygens (including phenoxy) is 3. The van der Waals surface area contributed by atoms with Crippen LogP contribution in [0.2, 0.25) is 0 Å². The van der Waals surface area contributed by atoms with Crippen LogP contribution in [-0.4, -0.2) is 30.9 Å². The van der Waals surface area contributed by atoms with E-state index in [0.717, 1.165) is 5.56 Å². The summed E-state index contributed by atoms with van der Waals surface area (Å²) < 4.78 is 32.6. The molecular weight excluding hydrogens is 551 g/mol. The van der Waals surface area contributed by atoms with Gasteiger partial charge in [0.15, 0.2) is 16.3 Å². The Labute approximate surface area is 219 Å². The fourth-order valence-corrected chi connectivity index (χ4v) is 5.70. The highest BCUT2D eigenvalue weighted by Gasteiger charge is 2.33. The number of hydrogen-bond acceptors (Lipinski definition) is 7. The third-order valence-corrected chi connectivity index (χ3v) is 7.11. The maximum atomic E-state index is 13.7. The van der Waals surface area contributed by atoms with Crippen LogP contribution in [0.3, 0.4) is 0 Å². The molecule has 0 saturated heterocycles. The summed E-state index contributed by atoms with van der Waals surface area (Å²) in [6.07, 6.45) is 1.74. The van der Waals surface area contributed by atoms with Gasteiger partial charge < -0.3 is 14.2 Å². The van der Waals surface area contributed by atoms with Crippen molar-refractivity contribution in [3.05, 3.63) is 88.8 Å². The Morgan fingerprint density at radius 2 is 1.94 bits per heavy atom. The van der Waals surface area contributed by atoms with Crippen molar-refractivity contribution in [2.24, 2.45) is 4.99 Å². The second-order valence-corrected chi connectivity index (χ2v) is 9.68. The van der Waals surface area contributed by atoms with Crippen LogP contribution in [-0.2, 0) is 9.53 Å². The van der Waals surface area contributed by atoms with E-state index in [1.165, 1.54) is 28.0 Å². The van der Waals surface area contributed by atoms with Crippen LogP contribution >= 0.6 is 27.3 Å². The van der Waals surface area contributed by atoms with E-state index in [9.17, 15) is 14.0 Å². The van der Waals surface area contributed by atoms with Crippen molar-refractivity contribution in [1.29, 1.82) is 0 Å². The number of methoxy groups -OCH3 is 1. The minimum absolute atomic E-state index is 0.171. The number of allylic oxidation sites excluding steroid dienone is 1. The molecule has 4 rings (SSSR count). The number of carbonyl (C=O) groups is 1. The van der Waals surface area contributed by atoms with Gasteiger partial charge in [-0.15, -0.1) is 0 Å². The zero-order valence-electron chi connectivity index (χ0n) is 20.1. The molecule has 3 aromatic rings. The van der Waals surface area contributed by atoms with E-state index in [1.807, 2.05) is 13.0 Å². The number of benzene rings is 2. The Bertz CT molecular complexity index is 1530. The summed E-state index contributed by atoms with van der Waals surface area (Å²) in [6, 6.07) is 8.53. The third-order valence-electron chi connectivity index (χ3n) is 5.54. The van der Waals surface area contributed by atoms with Crippen molar-refractivity contribution in [2.75, 3.05) is 20.3 Å². The molecule has 0 unspecified atom stereocenters. The number of esters is 1. The van der Waals surface area contributed by atoms with Gasteiger partial charge in [-0.3, -0.25) is 9.36 Å². The topological polar surface area (TPSA) is 79.1 Å². The highest BCUT2D eigenvalue weighted by molar-refractivity contribution is 9.10. The molecule has 0 radical (unpaired) electrons. The quantitative estimate of drug-likeness (QED) is 0.397. The number of hydrogen-bond donors (Lipinski definition) is 0. The number of rotatable bonds is 7. The normalized spacial score (nSPS) is 15.4. The van der Waals surface area contributed by atoms with Crippen molar-refractivity contribution in [1.82, 2.24) is 4.57 Å². The van der Waals surface area contributed by atoms with Crippen molar-refractivity contribution in [2.45, 2.75) is 26.8 Å². The van der Waals surface area contributed by atoms with Crippen molar-refractivity contribution >= 4 is 39.3 Å². The number of thiazole rings is 1. The molecule has 2 aromatic carbocycles. The van der Waals surface area contributed by atoms with Gasteiger partial charge in [-0.2, -0.15) is 0 Å². The van der Waals surface area contributed by atoms with Crippen LogP contribution in [0.4, 0.5) is 4.39 Å². The van der Waals surface area contributed by atoms with Crippen LogP contribution in [0.25, 0.3) is 6.08 Å². The zero-order chi connectivity index (χ0) is 26.0. The van der Waals surface area contributed by atoms with Crippen molar-refractivity contribution in [3.63, 3.8) is 0 Å². The summed E-state index contributed by atoms with van der Waals surface area (Å²) in [5.74, 6) is 0.113. The molecule has 1 aliphatic heterocycles. The van der Waals surface area contributed by atoms with Gasteiger partial charge in [-0.05, 0) is 78.2 Å². The Kier molecular flexibility index (Phi) is 7.75. The second-order valence-electron chi connectivity index (χ2n) is 7.82. The molecule has 0 saturated carbocycles. The lowest BCUT2D eigenvalue weighted by atomic mass is 9.96. The first-order valence-electron chi connectivity index (χ1n) is 11.2. The molecule has 0 aliphatic carbocycles. The molecule has 188 valence electrons. The molecule has 36 heavy (non-hydrogen) atoms. The van der Waals surface area contributed by atoms with Gasteiger partial charge >= 0.3 is 5.97 Å². The highest BCUT2D eigenvalue weighted by atomic mass is 79.9. The molecular formula is C26H24BrFN2O5S. The lowest BCUT2D eigenvalue weighted by molar-refractivity contribution is -0.139. The van der Waals surface area contributed by atoms with E-state index in [0.29, 0.717) is 43.2 Å². The Morgan fingerprint density at radius 3 is 2.58 bits per heavy atom. The minimum atomic E-state index is -0.801. The van der Waals surface area contributed by atoms with E-state index >= 15 is 0 Å². The van der Waals surface area contributed by atoms with Gasteiger partial charge in [0.1, 0.15) is 5.82 Å². The molecule has 2 heterocycles. The number of aromatic nitrogens is 1. The summed E-state index contributed by atoms with van der Waals surface area (Å²) in [5.41, 5.74) is 1.66. The molecule has 0 fully saturated rings. The standard InChI is InChI=1S/C26H24BrFN2O5S/c1-5-34-19-12-15(11-18(27)23(19)33-4)13-20-24(31)30-22(16-7-9-17(28)10-8-16)21(25(32)35-6-2)14(3)29-26(30)36-20/h7-13,22H,5-6H2,1-4H3/b20-13-/t22-/m0/s1. The average molecular weight is 575 g/mol. The summed E-state index contributed by atoms with van der Waals surface area (Å²) in [6.45, 7) is 5.90.